The molecule has 20 heavy (non-hydrogen) atoms. The first-order valence-electron chi connectivity index (χ1n) is 5.39. The van der Waals surface area contributed by atoms with Crippen molar-refractivity contribution < 1.29 is 9.72 Å². The van der Waals surface area contributed by atoms with E-state index in [-0.39, 0.29) is 27.7 Å². The zero-order valence-corrected chi connectivity index (χ0v) is 11.6. The molecule has 1 amide bonds. The van der Waals surface area contributed by atoms with Crippen LogP contribution in [0.5, 0.6) is 0 Å². The lowest BCUT2D eigenvalue weighted by molar-refractivity contribution is -0.384. The number of carbonyl (C=O) groups excluding carboxylic acids is 1. The van der Waals surface area contributed by atoms with Gasteiger partial charge < -0.3 is 9.88 Å². The first-order chi connectivity index (χ1) is 9.47. The largest absolute Gasteiger partial charge is 0.323 e. The van der Waals surface area contributed by atoms with Crippen LogP contribution in [0, 0.1) is 15.5 Å². The molecule has 9 heteroatoms. The van der Waals surface area contributed by atoms with Crippen molar-refractivity contribution in [2.24, 2.45) is 0 Å². The second kappa shape index (κ2) is 5.85. The molecule has 2 aromatic rings. The molecule has 0 unspecified atom stereocenters. The first-order valence-corrected chi connectivity index (χ1v) is 6.65. The number of hydrogen-bond donors (Lipinski definition) is 2. The highest BCUT2D eigenvalue weighted by molar-refractivity contribution is 7.06. The number of nitrogens with one attached hydrogen (secondary N) is 2. The van der Waals surface area contributed by atoms with E-state index < -0.39 is 10.8 Å². The number of non-ortho nitro benzene ring substituents is 1. The summed E-state index contributed by atoms with van der Waals surface area (Å²) < 4.78 is 1.45. The van der Waals surface area contributed by atoms with Gasteiger partial charge >= 0.3 is 0 Å². The molecule has 7 nitrogen and oxygen atoms in total. The minimum atomic E-state index is -0.568. The maximum absolute atomic E-state index is 11.8. The summed E-state index contributed by atoms with van der Waals surface area (Å²) in [6.07, 6.45) is 1.61. The van der Waals surface area contributed by atoms with Gasteiger partial charge in [0.05, 0.1) is 15.6 Å². The second-order valence-corrected chi connectivity index (χ2v) is 5.11. The number of carbonyl (C=O) groups is 1. The Labute approximate surface area is 122 Å². The van der Waals surface area contributed by atoms with Crippen molar-refractivity contribution in [1.82, 2.24) is 4.57 Å². The number of anilines is 1. The summed E-state index contributed by atoms with van der Waals surface area (Å²) in [6, 6.07) is 3.80. The average molecular weight is 313 g/mol. The molecule has 0 aliphatic carbocycles. The minimum Gasteiger partial charge on any atom is -0.323 e. The summed E-state index contributed by atoms with van der Waals surface area (Å²) in [5.74, 6) is -0.413. The van der Waals surface area contributed by atoms with Crippen molar-refractivity contribution in [2.75, 3.05) is 5.32 Å². The Balaban J connectivity index is 2.15. The monoisotopic (exact) mass is 312 g/mol. The van der Waals surface area contributed by atoms with E-state index in [2.05, 4.69) is 5.32 Å². The van der Waals surface area contributed by atoms with E-state index in [1.807, 2.05) is 0 Å². The van der Waals surface area contributed by atoms with Crippen LogP contribution in [0.15, 0.2) is 29.8 Å². The van der Waals surface area contributed by atoms with Crippen LogP contribution in [-0.2, 0) is 11.3 Å². The van der Waals surface area contributed by atoms with Crippen molar-refractivity contribution in [1.29, 1.82) is 5.41 Å². The second-order valence-electron chi connectivity index (χ2n) is 3.81. The molecular formula is C11H9ClN4O3S. The van der Waals surface area contributed by atoms with E-state index in [0.717, 1.165) is 0 Å². The fourth-order valence-corrected chi connectivity index (χ4v) is 2.26. The Morgan fingerprint density at radius 1 is 1.55 bits per heavy atom. The van der Waals surface area contributed by atoms with Crippen LogP contribution in [-0.4, -0.2) is 15.4 Å². The lowest BCUT2D eigenvalue weighted by Gasteiger charge is -2.07. The Morgan fingerprint density at radius 3 is 2.90 bits per heavy atom. The molecule has 2 N–H and O–H groups in total. The third-order valence-electron chi connectivity index (χ3n) is 2.43. The van der Waals surface area contributed by atoms with Gasteiger partial charge in [0.15, 0.2) is 4.80 Å². The standard InChI is InChI=1S/C11H9ClN4O3S/c12-8-2-1-7(16(18)19)5-9(8)14-10(17)6-15-3-4-20-11(15)13/h1-5,13H,6H2,(H,14,17). The summed E-state index contributed by atoms with van der Waals surface area (Å²) in [7, 11) is 0. The molecule has 104 valence electrons. The molecule has 0 saturated heterocycles. The predicted molar refractivity (Wildman–Crippen MR) is 74.9 cm³/mol. The van der Waals surface area contributed by atoms with Gasteiger partial charge in [-0.1, -0.05) is 11.6 Å². The van der Waals surface area contributed by atoms with Gasteiger partial charge in [0, 0.05) is 23.7 Å². The number of thiazole rings is 1. The van der Waals surface area contributed by atoms with E-state index in [9.17, 15) is 14.9 Å². The van der Waals surface area contributed by atoms with Crippen LogP contribution >= 0.6 is 22.9 Å². The number of hydrogen-bond acceptors (Lipinski definition) is 5. The Kier molecular flexibility index (Phi) is 4.16. The highest BCUT2D eigenvalue weighted by atomic mass is 35.5. The molecule has 0 aliphatic heterocycles. The van der Waals surface area contributed by atoms with Crippen molar-refractivity contribution in [2.45, 2.75) is 6.54 Å². The summed E-state index contributed by atoms with van der Waals surface area (Å²) in [5.41, 5.74) is 0.0160. The molecule has 1 aromatic carbocycles. The van der Waals surface area contributed by atoms with Crippen molar-refractivity contribution in [3.05, 3.63) is 49.7 Å². The maximum Gasteiger partial charge on any atom is 0.271 e. The minimum absolute atomic E-state index is 0.0542. The topological polar surface area (TPSA) is 101 Å². The van der Waals surface area contributed by atoms with E-state index in [0.29, 0.717) is 0 Å². The molecular weight excluding hydrogens is 304 g/mol. The molecule has 2 rings (SSSR count). The van der Waals surface area contributed by atoms with Crippen LogP contribution in [0.3, 0.4) is 0 Å². The smallest absolute Gasteiger partial charge is 0.271 e. The number of nitro benzene ring substituents is 1. The number of benzene rings is 1. The zero-order chi connectivity index (χ0) is 14.7. The average Bonchev–Trinajstić information content (AvgIpc) is 2.77. The third kappa shape index (κ3) is 3.22. The Bertz CT molecular complexity index is 724. The fraction of sp³-hybridized carbons (Fsp3) is 0.0909. The predicted octanol–water partition coefficient (Wildman–Crippen LogP) is 2.23. The summed E-state index contributed by atoms with van der Waals surface area (Å²) in [5, 5.41) is 22.6. The Morgan fingerprint density at radius 2 is 2.30 bits per heavy atom. The fourth-order valence-electron chi connectivity index (χ4n) is 1.50. The summed E-state index contributed by atoms with van der Waals surface area (Å²) in [6.45, 7) is -0.0542. The number of rotatable bonds is 4. The number of nitro groups is 1. The number of aromatic nitrogens is 1. The third-order valence-corrected chi connectivity index (χ3v) is 3.48. The molecule has 1 aromatic heterocycles. The lowest BCUT2D eigenvalue weighted by atomic mass is 10.3. The first kappa shape index (κ1) is 14.2. The molecule has 0 spiro atoms. The number of halogens is 1. The van der Waals surface area contributed by atoms with Crippen molar-refractivity contribution in [3.8, 4) is 0 Å². The highest BCUT2D eigenvalue weighted by Gasteiger charge is 2.12. The van der Waals surface area contributed by atoms with Gasteiger partial charge in [-0.3, -0.25) is 20.3 Å². The molecule has 0 fully saturated rings. The number of amides is 1. The van der Waals surface area contributed by atoms with Crippen molar-refractivity contribution >= 4 is 40.2 Å². The van der Waals surface area contributed by atoms with Crippen LogP contribution in [0.1, 0.15) is 0 Å². The van der Waals surface area contributed by atoms with Gasteiger partial charge in [0.2, 0.25) is 5.91 Å². The maximum atomic E-state index is 11.8. The van der Waals surface area contributed by atoms with E-state index in [1.54, 1.807) is 11.6 Å². The van der Waals surface area contributed by atoms with Gasteiger partial charge in [0.1, 0.15) is 6.54 Å². The van der Waals surface area contributed by atoms with Gasteiger partial charge in [-0.25, -0.2) is 0 Å². The number of nitrogens with zero attached hydrogens (tertiary/aromatic N) is 2. The molecule has 0 atom stereocenters. The van der Waals surface area contributed by atoms with Crippen LogP contribution in [0.25, 0.3) is 0 Å². The zero-order valence-electron chi connectivity index (χ0n) is 10.00. The highest BCUT2D eigenvalue weighted by Crippen LogP contribution is 2.26. The molecule has 1 heterocycles. The van der Waals surface area contributed by atoms with E-state index in [4.69, 9.17) is 17.0 Å². The summed E-state index contributed by atoms with van der Waals surface area (Å²) >= 11 is 7.08. The SMILES string of the molecule is N=c1sccn1CC(=O)Nc1cc([N+](=O)[O-])ccc1Cl. The van der Waals surface area contributed by atoms with Gasteiger partial charge in [-0.05, 0) is 6.07 Å². The summed E-state index contributed by atoms with van der Waals surface area (Å²) in [4.78, 5) is 22.2. The van der Waals surface area contributed by atoms with Gasteiger partial charge in [-0.15, -0.1) is 11.3 Å². The van der Waals surface area contributed by atoms with Crippen molar-refractivity contribution in [3.63, 3.8) is 0 Å². The van der Waals surface area contributed by atoms with Crippen LogP contribution in [0.4, 0.5) is 11.4 Å². The van der Waals surface area contributed by atoms with Gasteiger partial charge in [-0.2, -0.15) is 0 Å². The normalized spacial score (nSPS) is 10.2. The van der Waals surface area contributed by atoms with E-state index in [1.165, 1.54) is 34.1 Å². The van der Waals surface area contributed by atoms with Gasteiger partial charge in [0.25, 0.3) is 5.69 Å². The lowest BCUT2D eigenvalue weighted by Crippen LogP contribution is -2.23. The molecule has 0 aliphatic rings. The van der Waals surface area contributed by atoms with Crippen LogP contribution in [0.2, 0.25) is 5.02 Å². The quantitative estimate of drug-likeness (QED) is 0.668. The Hall–Kier alpha value is -2.19. The molecule has 0 bridgehead atoms. The van der Waals surface area contributed by atoms with E-state index >= 15 is 0 Å². The van der Waals surface area contributed by atoms with Crippen LogP contribution < -0.4 is 10.1 Å². The molecule has 0 radical (unpaired) electrons. The molecule has 0 saturated carbocycles.